The fourth-order valence-corrected chi connectivity index (χ4v) is 2.14. The first-order valence-electron chi connectivity index (χ1n) is 6.18. The summed E-state index contributed by atoms with van der Waals surface area (Å²) in [6, 6.07) is 10.7. The van der Waals surface area contributed by atoms with Crippen LogP contribution in [0.1, 0.15) is 18.0 Å². The number of hydrogen-bond donors (Lipinski definition) is 1. The second kappa shape index (κ2) is 6.35. The number of benzene rings is 2. The van der Waals surface area contributed by atoms with Crippen molar-refractivity contribution in [2.24, 2.45) is 0 Å². The number of anilines is 1. The quantitative estimate of drug-likeness (QED) is 0.725. The van der Waals surface area contributed by atoms with E-state index in [2.05, 4.69) is 5.32 Å². The van der Waals surface area contributed by atoms with Crippen molar-refractivity contribution in [1.82, 2.24) is 0 Å². The maximum atomic E-state index is 13.2. The Morgan fingerprint density at radius 1 is 1.05 bits per heavy atom. The predicted octanol–water partition coefficient (Wildman–Crippen LogP) is 5.58. The first-order chi connectivity index (χ1) is 9.85. The molecule has 0 spiro atoms. The molecule has 0 saturated carbocycles. The highest BCUT2D eigenvalue weighted by atomic mass is 35.5. The van der Waals surface area contributed by atoms with E-state index in [1.54, 1.807) is 30.3 Å². The van der Waals surface area contributed by atoms with Gasteiger partial charge in [0.05, 0.1) is 23.2 Å². The minimum absolute atomic E-state index is 0.134. The molecule has 0 fully saturated rings. The molecule has 1 unspecified atom stereocenters. The lowest BCUT2D eigenvalue weighted by Gasteiger charge is -2.22. The van der Waals surface area contributed by atoms with E-state index in [0.29, 0.717) is 5.56 Å². The molecular formula is C15H12ClF4N. The molecule has 1 nitrogen and oxygen atoms in total. The van der Waals surface area contributed by atoms with Crippen LogP contribution in [0.5, 0.6) is 0 Å². The molecule has 21 heavy (non-hydrogen) atoms. The van der Waals surface area contributed by atoms with Crippen molar-refractivity contribution in [2.75, 3.05) is 5.32 Å². The second-order valence-corrected chi connectivity index (χ2v) is 4.96. The van der Waals surface area contributed by atoms with Gasteiger partial charge in [-0.25, -0.2) is 4.39 Å². The largest absolute Gasteiger partial charge is 0.391 e. The average molecular weight is 318 g/mol. The number of hydrogen-bond acceptors (Lipinski definition) is 1. The molecule has 0 aliphatic carbocycles. The van der Waals surface area contributed by atoms with Crippen LogP contribution in [0.3, 0.4) is 0 Å². The van der Waals surface area contributed by atoms with Crippen molar-refractivity contribution in [3.8, 4) is 0 Å². The molecule has 1 atom stereocenters. The summed E-state index contributed by atoms with van der Waals surface area (Å²) in [6.45, 7) is 0. The molecule has 2 rings (SSSR count). The van der Waals surface area contributed by atoms with Crippen LogP contribution in [-0.4, -0.2) is 6.18 Å². The first-order valence-corrected chi connectivity index (χ1v) is 6.56. The monoisotopic (exact) mass is 317 g/mol. The molecule has 6 heteroatoms. The van der Waals surface area contributed by atoms with E-state index in [9.17, 15) is 17.6 Å². The van der Waals surface area contributed by atoms with Crippen LogP contribution < -0.4 is 5.32 Å². The number of halogens is 5. The van der Waals surface area contributed by atoms with Gasteiger partial charge in [-0.3, -0.25) is 0 Å². The topological polar surface area (TPSA) is 12.0 Å². The smallest absolute Gasteiger partial charge is 0.377 e. The van der Waals surface area contributed by atoms with Gasteiger partial charge in [-0.15, -0.1) is 0 Å². The standard InChI is InChI=1S/C15H12ClF4N/c16-12-7-6-11(17)8-13(12)21-14(9-15(18,19)20)10-4-2-1-3-5-10/h1-8,14,21H,9H2. The Kier molecular flexibility index (Phi) is 4.73. The molecule has 1 N–H and O–H groups in total. The molecule has 0 bridgehead atoms. The summed E-state index contributed by atoms with van der Waals surface area (Å²) in [5.41, 5.74) is 0.588. The third kappa shape index (κ3) is 4.63. The van der Waals surface area contributed by atoms with Gasteiger partial charge in [0, 0.05) is 0 Å². The Balaban J connectivity index is 2.30. The summed E-state index contributed by atoms with van der Waals surface area (Å²) in [7, 11) is 0. The summed E-state index contributed by atoms with van der Waals surface area (Å²) in [5, 5.41) is 2.84. The zero-order valence-electron chi connectivity index (χ0n) is 10.8. The van der Waals surface area contributed by atoms with Gasteiger partial charge in [-0.2, -0.15) is 13.2 Å². The van der Waals surface area contributed by atoms with Gasteiger partial charge >= 0.3 is 6.18 Å². The van der Waals surface area contributed by atoms with Crippen LogP contribution in [0, 0.1) is 5.82 Å². The van der Waals surface area contributed by atoms with Crippen molar-refractivity contribution in [2.45, 2.75) is 18.6 Å². The van der Waals surface area contributed by atoms with Gasteiger partial charge in [0.15, 0.2) is 0 Å². The number of alkyl halides is 3. The van der Waals surface area contributed by atoms with Crippen molar-refractivity contribution in [3.63, 3.8) is 0 Å². The van der Waals surface area contributed by atoms with Gasteiger partial charge in [0.2, 0.25) is 0 Å². The normalized spacial score (nSPS) is 13.0. The third-order valence-electron chi connectivity index (χ3n) is 2.90. The maximum absolute atomic E-state index is 13.2. The molecule has 112 valence electrons. The SMILES string of the molecule is Fc1ccc(Cl)c(NC(CC(F)(F)F)c2ccccc2)c1. The number of nitrogens with one attached hydrogen (secondary N) is 1. The highest BCUT2D eigenvalue weighted by Crippen LogP contribution is 2.34. The molecule has 0 heterocycles. The van der Waals surface area contributed by atoms with E-state index in [0.717, 1.165) is 12.1 Å². The molecule has 0 saturated heterocycles. The Bertz CT molecular complexity index is 598. The minimum Gasteiger partial charge on any atom is -0.377 e. The maximum Gasteiger partial charge on any atom is 0.391 e. The van der Waals surface area contributed by atoms with E-state index in [-0.39, 0.29) is 10.7 Å². The predicted molar refractivity (Wildman–Crippen MR) is 74.9 cm³/mol. The molecular weight excluding hydrogens is 306 g/mol. The first kappa shape index (κ1) is 15.6. The Labute approximate surface area is 124 Å². The molecule has 0 aliphatic heterocycles. The van der Waals surface area contributed by atoms with Gasteiger partial charge < -0.3 is 5.32 Å². The van der Waals surface area contributed by atoms with E-state index in [4.69, 9.17) is 11.6 Å². The molecule has 0 aliphatic rings. The van der Waals surface area contributed by atoms with Crippen LogP contribution in [0.4, 0.5) is 23.2 Å². The summed E-state index contributed by atoms with van der Waals surface area (Å²) in [5.74, 6) is -0.569. The molecule has 0 aromatic heterocycles. The second-order valence-electron chi connectivity index (χ2n) is 4.55. The van der Waals surface area contributed by atoms with Crippen molar-refractivity contribution in [3.05, 3.63) is 64.9 Å². The lowest BCUT2D eigenvalue weighted by Crippen LogP contribution is -2.20. The summed E-state index contributed by atoms with van der Waals surface area (Å²) >= 11 is 5.89. The summed E-state index contributed by atoms with van der Waals surface area (Å²) in [4.78, 5) is 0. The Hall–Kier alpha value is -1.75. The average Bonchev–Trinajstić information content (AvgIpc) is 2.42. The molecule has 2 aromatic carbocycles. The van der Waals surface area contributed by atoms with Crippen molar-refractivity contribution in [1.29, 1.82) is 0 Å². The van der Waals surface area contributed by atoms with Gasteiger partial charge in [-0.1, -0.05) is 41.9 Å². The third-order valence-corrected chi connectivity index (χ3v) is 3.23. The van der Waals surface area contributed by atoms with Crippen LogP contribution in [0.15, 0.2) is 48.5 Å². The highest BCUT2D eigenvalue weighted by Gasteiger charge is 2.32. The van der Waals surface area contributed by atoms with Crippen LogP contribution >= 0.6 is 11.6 Å². The van der Waals surface area contributed by atoms with Gasteiger partial charge in [0.25, 0.3) is 0 Å². The fraction of sp³-hybridized carbons (Fsp3) is 0.200. The Morgan fingerprint density at radius 2 is 1.71 bits per heavy atom. The van der Waals surface area contributed by atoms with Crippen LogP contribution in [0.25, 0.3) is 0 Å². The lowest BCUT2D eigenvalue weighted by molar-refractivity contribution is -0.137. The van der Waals surface area contributed by atoms with Crippen molar-refractivity contribution < 1.29 is 17.6 Å². The fourth-order valence-electron chi connectivity index (χ4n) is 1.96. The minimum atomic E-state index is -4.35. The summed E-state index contributed by atoms with van der Waals surface area (Å²) in [6.07, 6.45) is -5.43. The van der Waals surface area contributed by atoms with Gasteiger partial charge in [-0.05, 0) is 23.8 Å². The van der Waals surface area contributed by atoms with Crippen molar-refractivity contribution >= 4 is 17.3 Å². The van der Waals surface area contributed by atoms with Crippen LogP contribution in [0.2, 0.25) is 5.02 Å². The molecule has 0 radical (unpaired) electrons. The molecule has 2 aromatic rings. The van der Waals surface area contributed by atoms with E-state index in [1.165, 1.54) is 6.07 Å². The van der Waals surface area contributed by atoms with Gasteiger partial charge in [0.1, 0.15) is 5.82 Å². The lowest BCUT2D eigenvalue weighted by atomic mass is 10.0. The molecule has 0 amide bonds. The zero-order chi connectivity index (χ0) is 15.5. The zero-order valence-corrected chi connectivity index (χ0v) is 11.5. The Morgan fingerprint density at radius 3 is 2.33 bits per heavy atom. The van der Waals surface area contributed by atoms with E-state index >= 15 is 0 Å². The summed E-state index contributed by atoms with van der Waals surface area (Å²) < 4.78 is 51.4. The number of rotatable bonds is 4. The van der Waals surface area contributed by atoms with Crippen LogP contribution in [-0.2, 0) is 0 Å². The highest BCUT2D eigenvalue weighted by molar-refractivity contribution is 6.33. The van der Waals surface area contributed by atoms with E-state index < -0.39 is 24.5 Å². The van der Waals surface area contributed by atoms with E-state index in [1.807, 2.05) is 0 Å².